The summed E-state index contributed by atoms with van der Waals surface area (Å²) in [6.45, 7) is 3.26. The van der Waals surface area contributed by atoms with E-state index in [-0.39, 0.29) is 17.9 Å². The Morgan fingerprint density at radius 1 is 1.23 bits per heavy atom. The Hall–Kier alpha value is -2.20. The lowest BCUT2D eigenvalue weighted by Crippen LogP contribution is -2.33. The van der Waals surface area contributed by atoms with Crippen LogP contribution in [0.15, 0.2) is 48.7 Å². The van der Waals surface area contributed by atoms with Crippen LogP contribution in [-0.4, -0.2) is 34.9 Å². The van der Waals surface area contributed by atoms with Crippen LogP contribution in [0.5, 0.6) is 0 Å². The fourth-order valence-corrected chi connectivity index (χ4v) is 2.97. The molecular weight excluding hydrogens is 274 g/mol. The van der Waals surface area contributed by atoms with E-state index in [0.717, 1.165) is 11.3 Å². The van der Waals surface area contributed by atoms with Gasteiger partial charge in [-0.15, -0.1) is 0 Å². The highest BCUT2D eigenvalue weighted by Gasteiger charge is 2.33. The number of carbonyl (C=O) groups is 1. The Kier molecular flexibility index (Phi) is 4.20. The first-order valence-corrected chi connectivity index (χ1v) is 7.63. The molecular formula is C18H21N3O. The van der Waals surface area contributed by atoms with Crippen LogP contribution >= 0.6 is 0 Å². The van der Waals surface area contributed by atoms with E-state index in [4.69, 9.17) is 5.73 Å². The maximum atomic E-state index is 12.5. The van der Waals surface area contributed by atoms with Crippen molar-refractivity contribution in [2.45, 2.75) is 25.3 Å². The Labute approximate surface area is 131 Å². The number of nitrogens with zero attached hydrogens (tertiary/aromatic N) is 2. The smallest absolute Gasteiger partial charge is 0.227 e. The number of nitrogens with two attached hydrogens (primary N) is 1. The maximum absolute atomic E-state index is 12.5. The highest BCUT2D eigenvalue weighted by Crippen LogP contribution is 2.26. The average Bonchev–Trinajstić information content (AvgIpc) is 2.92. The molecule has 3 rings (SSSR count). The third-order valence-corrected chi connectivity index (χ3v) is 4.27. The summed E-state index contributed by atoms with van der Waals surface area (Å²) >= 11 is 0. The zero-order valence-electron chi connectivity index (χ0n) is 12.8. The molecule has 2 N–H and O–H groups in total. The van der Waals surface area contributed by atoms with E-state index < -0.39 is 0 Å². The molecule has 2 aromatic rings. The van der Waals surface area contributed by atoms with Gasteiger partial charge in [0.15, 0.2) is 0 Å². The van der Waals surface area contributed by atoms with Gasteiger partial charge in [0.05, 0.1) is 6.42 Å². The first-order valence-electron chi connectivity index (χ1n) is 7.63. The number of rotatable bonds is 3. The van der Waals surface area contributed by atoms with Crippen molar-refractivity contribution >= 4 is 5.91 Å². The number of hydrogen-bond donors (Lipinski definition) is 1. The van der Waals surface area contributed by atoms with Crippen molar-refractivity contribution in [3.05, 3.63) is 65.5 Å². The lowest BCUT2D eigenvalue weighted by Gasteiger charge is -2.16. The zero-order chi connectivity index (χ0) is 15.5. The minimum Gasteiger partial charge on any atom is -0.340 e. The number of likely N-dealkylation sites (tertiary alicyclic amines) is 1. The number of hydrogen-bond acceptors (Lipinski definition) is 3. The minimum atomic E-state index is 0.00231. The van der Waals surface area contributed by atoms with Crippen LogP contribution < -0.4 is 5.73 Å². The first kappa shape index (κ1) is 14.7. The van der Waals surface area contributed by atoms with Gasteiger partial charge in [-0.1, -0.05) is 36.4 Å². The molecule has 1 aliphatic heterocycles. The third-order valence-electron chi connectivity index (χ3n) is 4.27. The molecule has 2 heterocycles. The van der Waals surface area contributed by atoms with Crippen molar-refractivity contribution in [1.82, 2.24) is 9.88 Å². The van der Waals surface area contributed by atoms with Gasteiger partial charge in [-0.2, -0.15) is 0 Å². The molecule has 1 aromatic heterocycles. The molecule has 1 amide bonds. The zero-order valence-corrected chi connectivity index (χ0v) is 12.8. The van der Waals surface area contributed by atoms with Crippen molar-refractivity contribution in [3.63, 3.8) is 0 Å². The summed E-state index contributed by atoms with van der Waals surface area (Å²) in [6, 6.07) is 14.1. The summed E-state index contributed by atoms with van der Waals surface area (Å²) in [6.07, 6.45) is 2.17. The molecule has 2 atom stereocenters. The van der Waals surface area contributed by atoms with Crippen molar-refractivity contribution in [1.29, 1.82) is 0 Å². The van der Waals surface area contributed by atoms with E-state index in [0.29, 0.717) is 19.5 Å². The van der Waals surface area contributed by atoms with Crippen LogP contribution in [0.25, 0.3) is 0 Å². The SMILES string of the molecule is Cc1ccc(CC(=O)N2C[C@@H](N)[C@H](c3ccccc3)C2)cn1. The molecule has 1 saturated heterocycles. The quantitative estimate of drug-likeness (QED) is 0.940. The number of amides is 1. The molecule has 114 valence electrons. The Morgan fingerprint density at radius 2 is 2.00 bits per heavy atom. The molecule has 1 fully saturated rings. The molecule has 1 aromatic carbocycles. The molecule has 4 nitrogen and oxygen atoms in total. The van der Waals surface area contributed by atoms with Crippen LogP contribution in [-0.2, 0) is 11.2 Å². The molecule has 0 radical (unpaired) electrons. The van der Waals surface area contributed by atoms with Gasteiger partial charge in [0, 0.05) is 36.9 Å². The van der Waals surface area contributed by atoms with Gasteiger partial charge < -0.3 is 10.6 Å². The average molecular weight is 295 g/mol. The summed E-state index contributed by atoms with van der Waals surface area (Å²) in [7, 11) is 0. The van der Waals surface area contributed by atoms with E-state index in [1.54, 1.807) is 6.20 Å². The standard InChI is InChI=1S/C18H21N3O/c1-13-7-8-14(10-20-13)9-18(22)21-11-16(17(19)12-21)15-5-3-2-4-6-15/h2-8,10,16-17H,9,11-12,19H2,1H3/t16-,17+/m0/s1. The van der Waals surface area contributed by atoms with E-state index in [2.05, 4.69) is 17.1 Å². The summed E-state index contributed by atoms with van der Waals surface area (Å²) in [5, 5.41) is 0. The summed E-state index contributed by atoms with van der Waals surface area (Å²) < 4.78 is 0. The van der Waals surface area contributed by atoms with Crippen LogP contribution in [0.1, 0.15) is 22.7 Å². The van der Waals surface area contributed by atoms with Crippen molar-refractivity contribution in [2.75, 3.05) is 13.1 Å². The molecule has 0 saturated carbocycles. The van der Waals surface area contributed by atoms with E-state index >= 15 is 0 Å². The van der Waals surface area contributed by atoms with Crippen molar-refractivity contribution in [3.8, 4) is 0 Å². The predicted molar refractivity (Wildman–Crippen MR) is 86.4 cm³/mol. The summed E-state index contributed by atoms with van der Waals surface area (Å²) in [5.74, 6) is 0.348. The molecule has 0 spiro atoms. The van der Waals surface area contributed by atoms with Gasteiger partial charge in [0.25, 0.3) is 0 Å². The Morgan fingerprint density at radius 3 is 2.68 bits per heavy atom. The van der Waals surface area contributed by atoms with Gasteiger partial charge in [-0.3, -0.25) is 9.78 Å². The first-order chi connectivity index (χ1) is 10.6. The van der Waals surface area contributed by atoms with Crippen LogP contribution in [0, 0.1) is 6.92 Å². The molecule has 0 unspecified atom stereocenters. The van der Waals surface area contributed by atoms with Crippen molar-refractivity contribution in [2.24, 2.45) is 5.73 Å². The van der Waals surface area contributed by atoms with Gasteiger partial charge >= 0.3 is 0 Å². The highest BCUT2D eigenvalue weighted by atomic mass is 16.2. The number of benzene rings is 1. The predicted octanol–water partition coefficient (Wildman–Crippen LogP) is 1.89. The fourth-order valence-electron chi connectivity index (χ4n) is 2.97. The molecule has 1 aliphatic rings. The second kappa shape index (κ2) is 6.28. The molecule has 0 aliphatic carbocycles. The van der Waals surface area contributed by atoms with Crippen LogP contribution in [0.2, 0.25) is 0 Å². The van der Waals surface area contributed by atoms with E-state index in [1.165, 1.54) is 5.56 Å². The van der Waals surface area contributed by atoms with Crippen LogP contribution in [0.3, 0.4) is 0 Å². The van der Waals surface area contributed by atoms with Crippen LogP contribution in [0.4, 0.5) is 0 Å². The van der Waals surface area contributed by atoms with Gasteiger partial charge in [-0.25, -0.2) is 0 Å². The maximum Gasteiger partial charge on any atom is 0.227 e. The molecule has 0 bridgehead atoms. The second-order valence-electron chi connectivity index (χ2n) is 5.96. The number of aryl methyl sites for hydroxylation is 1. The largest absolute Gasteiger partial charge is 0.340 e. The monoisotopic (exact) mass is 295 g/mol. The fraction of sp³-hybridized carbons (Fsp3) is 0.333. The lowest BCUT2D eigenvalue weighted by atomic mass is 9.95. The molecule has 22 heavy (non-hydrogen) atoms. The minimum absolute atomic E-state index is 0.00231. The number of aromatic nitrogens is 1. The number of pyridine rings is 1. The third kappa shape index (κ3) is 3.17. The summed E-state index contributed by atoms with van der Waals surface area (Å²) in [5.41, 5.74) is 9.37. The topological polar surface area (TPSA) is 59.2 Å². The lowest BCUT2D eigenvalue weighted by molar-refractivity contribution is -0.129. The Bertz CT molecular complexity index is 639. The normalized spacial score (nSPS) is 21.1. The van der Waals surface area contributed by atoms with Crippen molar-refractivity contribution < 1.29 is 4.79 Å². The van der Waals surface area contributed by atoms with E-state index in [1.807, 2.05) is 42.2 Å². The second-order valence-corrected chi connectivity index (χ2v) is 5.96. The van der Waals surface area contributed by atoms with Gasteiger partial charge in [-0.05, 0) is 24.1 Å². The summed E-state index contributed by atoms with van der Waals surface area (Å²) in [4.78, 5) is 18.6. The van der Waals surface area contributed by atoms with Gasteiger partial charge in [0.2, 0.25) is 5.91 Å². The Balaban J connectivity index is 1.66. The molecule has 4 heteroatoms. The number of carbonyl (C=O) groups excluding carboxylic acids is 1. The van der Waals surface area contributed by atoms with E-state index in [9.17, 15) is 4.79 Å². The van der Waals surface area contributed by atoms with Gasteiger partial charge in [0.1, 0.15) is 0 Å². The highest BCUT2D eigenvalue weighted by molar-refractivity contribution is 5.79.